The first-order valence-corrected chi connectivity index (χ1v) is 8.59. The summed E-state index contributed by atoms with van der Waals surface area (Å²) >= 11 is 0. The molecule has 1 aliphatic heterocycles. The first-order chi connectivity index (χ1) is 13.7. The fourth-order valence-corrected chi connectivity index (χ4v) is 3.25. The molecule has 1 aliphatic rings. The molecule has 0 bridgehead atoms. The summed E-state index contributed by atoms with van der Waals surface area (Å²) in [6.45, 7) is 0.698. The number of carbonyl (C=O) groups is 1. The van der Waals surface area contributed by atoms with E-state index >= 15 is 0 Å². The monoisotopic (exact) mass is 395 g/mol. The maximum absolute atomic E-state index is 14.8. The molecule has 0 radical (unpaired) electrons. The van der Waals surface area contributed by atoms with Crippen LogP contribution in [0.5, 0.6) is 0 Å². The lowest BCUT2D eigenvalue weighted by molar-refractivity contribution is 0.129. The number of cyclic esters (lactones) is 1. The minimum absolute atomic E-state index is 0. The summed E-state index contributed by atoms with van der Waals surface area (Å²) in [4.78, 5) is 17.7. The van der Waals surface area contributed by atoms with Gasteiger partial charge in [0.25, 0.3) is 0 Å². The lowest BCUT2D eigenvalue weighted by Crippen LogP contribution is -2.26. The number of carbonyl (C=O) groups excluding carboxylic acids is 1. The average Bonchev–Trinajstić information content (AvgIpc) is 3.42. The van der Waals surface area contributed by atoms with Crippen LogP contribution in [0.4, 0.5) is 14.9 Å². The van der Waals surface area contributed by atoms with Gasteiger partial charge in [0.15, 0.2) is 5.65 Å². The van der Waals surface area contributed by atoms with Crippen molar-refractivity contribution in [2.45, 2.75) is 20.1 Å². The number of rotatable bonds is 4. The Labute approximate surface area is 165 Å². The number of halogens is 1. The largest absolute Gasteiger partial charge is 0.442 e. The molecule has 0 saturated carbocycles. The molecule has 148 valence electrons. The minimum Gasteiger partial charge on any atom is -0.442 e. The van der Waals surface area contributed by atoms with Crippen molar-refractivity contribution in [3.8, 4) is 11.1 Å². The number of amides is 1. The molecule has 5 rings (SSSR count). The van der Waals surface area contributed by atoms with E-state index in [0.29, 0.717) is 35.6 Å². The second kappa shape index (κ2) is 7.30. The number of fused-ring (bicyclic) bond motifs is 1. The van der Waals surface area contributed by atoms with Crippen molar-refractivity contribution >= 4 is 17.4 Å². The fourth-order valence-electron chi connectivity index (χ4n) is 3.25. The van der Waals surface area contributed by atoms with Crippen molar-refractivity contribution in [2.24, 2.45) is 0 Å². The van der Waals surface area contributed by atoms with Crippen molar-refractivity contribution in [3.63, 3.8) is 0 Å². The molecule has 29 heavy (non-hydrogen) atoms. The Morgan fingerprint density at radius 2 is 2.14 bits per heavy atom. The van der Waals surface area contributed by atoms with Gasteiger partial charge in [0.05, 0.1) is 25.0 Å². The molecule has 4 aromatic rings. The molecule has 0 N–H and O–H groups in total. The average molecular weight is 395 g/mol. The Morgan fingerprint density at radius 3 is 2.93 bits per heavy atom. The first kappa shape index (κ1) is 18.5. The number of pyridine rings is 1. The van der Waals surface area contributed by atoms with Crippen LogP contribution in [0.3, 0.4) is 0 Å². The van der Waals surface area contributed by atoms with E-state index < -0.39 is 11.9 Å². The van der Waals surface area contributed by atoms with Crippen molar-refractivity contribution in [1.29, 1.82) is 0 Å². The number of ether oxygens (including phenoxy) is 1. The van der Waals surface area contributed by atoms with Crippen LogP contribution >= 0.6 is 0 Å². The van der Waals surface area contributed by atoms with Gasteiger partial charge >= 0.3 is 6.09 Å². The molecular formula is C19H18FN7O2. The highest BCUT2D eigenvalue weighted by Gasteiger charge is 2.33. The summed E-state index contributed by atoms with van der Waals surface area (Å²) in [5.74, 6) is -0.440. The number of nitrogens with zero attached hydrogens (tertiary/aromatic N) is 7. The van der Waals surface area contributed by atoms with E-state index in [4.69, 9.17) is 4.74 Å². The van der Waals surface area contributed by atoms with Gasteiger partial charge < -0.3 is 4.74 Å². The molecular weight excluding hydrogens is 377 g/mol. The molecule has 3 aromatic heterocycles. The summed E-state index contributed by atoms with van der Waals surface area (Å²) in [5, 5.41) is 11.7. The molecule has 1 amide bonds. The van der Waals surface area contributed by atoms with Gasteiger partial charge in [-0.3, -0.25) is 4.90 Å². The third-order valence-corrected chi connectivity index (χ3v) is 4.59. The van der Waals surface area contributed by atoms with Crippen LogP contribution in [-0.4, -0.2) is 48.3 Å². The molecule has 0 aliphatic carbocycles. The van der Waals surface area contributed by atoms with E-state index in [1.54, 1.807) is 52.1 Å². The van der Waals surface area contributed by atoms with Gasteiger partial charge in [-0.05, 0) is 30.3 Å². The predicted octanol–water partition coefficient (Wildman–Crippen LogP) is 2.79. The van der Waals surface area contributed by atoms with Crippen LogP contribution in [0.1, 0.15) is 7.43 Å². The number of hydrogen-bond donors (Lipinski definition) is 0. The number of benzene rings is 1. The molecule has 1 atom stereocenters. The van der Waals surface area contributed by atoms with Gasteiger partial charge in [0.2, 0.25) is 0 Å². The normalized spacial score (nSPS) is 16.1. The third-order valence-electron chi connectivity index (χ3n) is 4.59. The highest BCUT2D eigenvalue weighted by atomic mass is 19.1. The smallest absolute Gasteiger partial charge is 0.414 e. The number of aromatic nitrogens is 6. The van der Waals surface area contributed by atoms with Gasteiger partial charge in [-0.25, -0.2) is 23.4 Å². The van der Waals surface area contributed by atoms with Gasteiger partial charge in [-0.15, -0.1) is 5.10 Å². The topological polar surface area (TPSA) is 90.4 Å². The molecule has 4 heterocycles. The Balaban J connectivity index is 0.00000205. The Bertz CT molecular complexity index is 1160. The molecule has 1 saturated heterocycles. The fraction of sp³-hybridized carbons (Fsp3) is 0.211. The van der Waals surface area contributed by atoms with Crippen LogP contribution in [-0.2, 0) is 11.3 Å². The zero-order chi connectivity index (χ0) is 19.1. The highest BCUT2D eigenvalue weighted by molar-refractivity contribution is 5.90. The molecule has 1 fully saturated rings. The second-order valence-electron chi connectivity index (χ2n) is 6.39. The number of hydrogen-bond acceptors (Lipinski definition) is 6. The third kappa shape index (κ3) is 3.40. The predicted molar refractivity (Wildman–Crippen MR) is 103 cm³/mol. The number of anilines is 1. The van der Waals surface area contributed by atoms with Gasteiger partial charge in [0.1, 0.15) is 18.2 Å². The van der Waals surface area contributed by atoms with E-state index in [0.717, 1.165) is 0 Å². The SMILES string of the molecule is C.O=C1O[C@@H](Cn2ccnn2)CN1c1ccc(-c2ccc3ncnn3c2)c(F)c1. The van der Waals surface area contributed by atoms with Crippen molar-refractivity contribution in [3.05, 3.63) is 61.1 Å². The van der Waals surface area contributed by atoms with Crippen LogP contribution in [0.2, 0.25) is 0 Å². The van der Waals surface area contributed by atoms with Crippen LogP contribution < -0.4 is 4.90 Å². The van der Waals surface area contributed by atoms with Crippen LogP contribution in [0, 0.1) is 5.82 Å². The Kier molecular flexibility index (Phi) is 4.67. The highest BCUT2D eigenvalue weighted by Crippen LogP contribution is 2.29. The van der Waals surface area contributed by atoms with Crippen molar-refractivity contribution in [1.82, 2.24) is 29.6 Å². The van der Waals surface area contributed by atoms with E-state index in [1.165, 1.54) is 17.3 Å². The standard InChI is InChI=1S/C18H14FN7O2.CH4/c19-16-7-13(25-10-14(28-18(25)27)9-24-6-5-21-23-24)2-3-15(16)12-1-4-17-20-11-22-26(17)8-12;/h1-8,11,14H,9-10H2;1H4/t14-;/m0./s1. The van der Waals surface area contributed by atoms with Gasteiger partial charge in [-0.2, -0.15) is 5.10 Å². The van der Waals surface area contributed by atoms with E-state index in [-0.39, 0.29) is 13.5 Å². The van der Waals surface area contributed by atoms with Crippen molar-refractivity contribution < 1.29 is 13.9 Å². The molecule has 0 spiro atoms. The summed E-state index contributed by atoms with van der Waals surface area (Å²) in [6, 6.07) is 8.21. The van der Waals surface area contributed by atoms with Gasteiger partial charge in [0, 0.05) is 23.5 Å². The summed E-state index contributed by atoms with van der Waals surface area (Å²) in [6.07, 6.45) is 5.50. The van der Waals surface area contributed by atoms with Crippen LogP contribution in [0.25, 0.3) is 16.8 Å². The molecule has 0 unspecified atom stereocenters. The van der Waals surface area contributed by atoms with Crippen LogP contribution in [0.15, 0.2) is 55.2 Å². The molecule has 10 heteroatoms. The first-order valence-electron chi connectivity index (χ1n) is 8.59. The lowest BCUT2D eigenvalue weighted by Gasteiger charge is -2.14. The Morgan fingerprint density at radius 1 is 1.24 bits per heavy atom. The van der Waals surface area contributed by atoms with E-state index in [1.807, 2.05) is 0 Å². The minimum atomic E-state index is -0.513. The summed E-state index contributed by atoms with van der Waals surface area (Å²) < 4.78 is 23.3. The van der Waals surface area contributed by atoms with Gasteiger partial charge in [-0.1, -0.05) is 12.6 Å². The van der Waals surface area contributed by atoms with E-state index in [2.05, 4.69) is 20.4 Å². The zero-order valence-corrected chi connectivity index (χ0v) is 14.5. The lowest BCUT2D eigenvalue weighted by atomic mass is 10.1. The summed E-state index contributed by atoms with van der Waals surface area (Å²) in [7, 11) is 0. The summed E-state index contributed by atoms with van der Waals surface area (Å²) in [5.41, 5.74) is 2.19. The Hall–Kier alpha value is -3.82. The zero-order valence-electron chi connectivity index (χ0n) is 14.5. The van der Waals surface area contributed by atoms with E-state index in [9.17, 15) is 9.18 Å². The molecule has 9 nitrogen and oxygen atoms in total. The quantitative estimate of drug-likeness (QED) is 0.528. The van der Waals surface area contributed by atoms with Crippen molar-refractivity contribution in [2.75, 3.05) is 11.4 Å². The second-order valence-corrected chi connectivity index (χ2v) is 6.39. The molecule has 1 aromatic carbocycles. The maximum atomic E-state index is 14.8. The maximum Gasteiger partial charge on any atom is 0.414 e.